The number of likely N-dealkylation sites (tertiary alicyclic amines) is 1. The van der Waals surface area contributed by atoms with E-state index in [-0.39, 0.29) is 11.7 Å². The summed E-state index contributed by atoms with van der Waals surface area (Å²) in [7, 11) is 2.16. The molecule has 3 heterocycles. The number of nitrogens with zero attached hydrogens (tertiary/aromatic N) is 4. The normalized spacial score (nSPS) is 22.4. The van der Waals surface area contributed by atoms with Crippen molar-refractivity contribution in [3.8, 4) is 11.3 Å². The van der Waals surface area contributed by atoms with Gasteiger partial charge in [0, 0.05) is 48.2 Å². The molecule has 29 heavy (non-hydrogen) atoms. The van der Waals surface area contributed by atoms with Gasteiger partial charge in [-0.05, 0) is 56.6 Å². The number of rotatable bonds is 4. The Morgan fingerprint density at radius 2 is 1.97 bits per heavy atom. The van der Waals surface area contributed by atoms with E-state index in [4.69, 9.17) is 9.97 Å². The summed E-state index contributed by atoms with van der Waals surface area (Å²) in [6, 6.07) is 12.7. The molecule has 3 unspecified atom stereocenters. The highest BCUT2D eigenvalue weighted by Crippen LogP contribution is 2.33. The van der Waals surface area contributed by atoms with E-state index in [0.717, 1.165) is 30.0 Å². The SMILES string of the molecule is CC1CC(c2nc(Nc3cccc(F)c3)cc(-c3cccnc3)n2)CN(C)C1C. The second-order valence-electron chi connectivity index (χ2n) is 7.96. The lowest BCUT2D eigenvalue weighted by Crippen LogP contribution is -2.43. The Labute approximate surface area is 171 Å². The van der Waals surface area contributed by atoms with E-state index >= 15 is 0 Å². The fourth-order valence-corrected chi connectivity index (χ4v) is 3.94. The zero-order chi connectivity index (χ0) is 20.4. The fourth-order valence-electron chi connectivity index (χ4n) is 3.94. The van der Waals surface area contributed by atoms with E-state index in [1.807, 2.05) is 24.3 Å². The average Bonchev–Trinajstić information content (AvgIpc) is 2.72. The van der Waals surface area contributed by atoms with Crippen molar-refractivity contribution in [2.75, 3.05) is 18.9 Å². The number of hydrogen-bond donors (Lipinski definition) is 1. The van der Waals surface area contributed by atoms with Crippen molar-refractivity contribution in [1.29, 1.82) is 0 Å². The third-order valence-electron chi connectivity index (χ3n) is 5.85. The van der Waals surface area contributed by atoms with Gasteiger partial charge in [-0.1, -0.05) is 13.0 Å². The first-order valence-corrected chi connectivity index (χ1v) is 10.0. The van der Waals surface area contributed by atoms with Gasteiger partial charge in [0.15, 0.2) is 0 Å². The van der Waals surface area contributed by atoms with Crippen LogP contribution in [-0.2, 0) is 0 Å². The lowest BCUT2D eigenvalue weighted by Gasteiger charge is -2.39. The van der Waals surface area contributed by atoms with E-state index in [2.05, 4.69) is 36.1 Å². The first-order valence-electron chi connectivity index (χ1n) is 10.0. The van der Waals surface area contributed by atoms with Gasteiger partial charge in [0.2, 0.25) is 0 Å². The number of anilines is 2. The smallest absolute Gasteiger partial charge is 0.135 e. The monoisotopic (exact) mass is 391 g/mol. The summed E-state index contributed by atoms with van der Waals surface area (Å²) in [6.07, 6.45) is 4.59. The van der Waals surface area contributed by atoms with Gasteiger partial charge in [-0.15, -0.1) is 0 Å². The molecule has 0 saturated carbocycles. The van der Waals surface area contributed by atoms with Gasteiger partial charge in [0.1, 0.15) is 17.5 Å². The van der Waals surface area contributed by atoms with E-state index in [0.29, 0.717) is 23.5 Å². The fraction of sp³-hybridized carbons (Fsp3) is 0.348. The molecular formula is C23H26FN5. The molecule has 1 aliphatic heterocycles. The lowest BCUT2D eigenvalue weighted by atomic mass is 9.85. The molecule has 4 rings (SSSR count). The highest BCUT2D eigenvalue weighted by Gasteiger charge is 2.31. The van der Waals surface area contributed by atoms with Crippen LogP contribution in [0.3, 0.4) is 0 Å². The number of aromatic nitrogens is 3. The summed E-state index contributed by atoms with van der Waals surface area (Å²) in [5, 5.41) is 3.24. The van der Waals surface area contributed by atoms with E-state index < -0.39 is 0 Å². The minimum Gasteiger partial charge on any atom is -0.340 e. The van der Waals surface area contributed by atoms with Gasteiger partial charge in [-0.3, -0.25) is 4.98 Å². The summed E-state index contributed by atoms with van der Waals surface area (Å²) < 4.78 is 13.6. The highest BCUT2D eigenvalue weighted by atomic mass is 19.1. The second kappa shape index (κ2) is 8.25. The number of benzene rings is 1. The number of pyridine rings is 1. The standard InChI is InChI=1S/C23H26FN5/c1-15-10-18(14-29(3)16(15)2)23-27-21(17-6-5-9-25-13-17)12-22(28-23)26-20-8-4-7-19(24)11-20/h4-9,11-13,15-16,18H,10,14H2,1-3H3,(H,26,27,28). The highest BCUT2D eigenvalue weighted by molar-refractivity contribution is 5.65. The van der Waals surface area contributed by atoms with Crippen LogP contribution in [0.1, 0.15) is 32.0 Å². The Hall–Kier alpha value is -2.86. The minimum absolute atomic E-state index is 0.246. The predicted molar refractivity (Wildman–Crippen MR) is 114 cm³/mol. The summed E-state index contributed by atoms with van der Waals surface area (Å²) in [5.74, 6) is 2.00. The molecule has 0 bridgehead atoms. The van der Waals surface area contributed by atoms with Crippen LogP contribution in [0.15, 0.2) is 54.9 Å². The van der Waals surface area contributed by atoms with Crippen molar-refractivity contribution in [3.05, 3.63) is 66.5 Å². The summed E-state index contributed by atoms with van der Waals surface area (Å²) in [5.41, 5.74) is 2.41. The van der Waals surface area contributed by atoms with E-state index in [1.165, 1.54) is 12.1 Å². The van der Waals surface area contributed by atoms with Crippen molar-refractivity contribution in [2.24, 2.45) is 5.92 Å². The first-order chi connectivity index (χ1) is 14.0. The van der Waals surface area contributed by atoms with Crippen LogP contribution in [-0.4, -0.2) is 39.5 Å². The van der Waals surface area contributed by atoms with Crippen molar-refractivity contribution < 1.29 is 4.39 Å². The van der Waals surface area contributed by atoms with Crippen LogP contribution < -0.4 is 5.32 Å². The number of nitrogens with one attached hydrogen (secondary N) is 1. The summed E-state index contributed by atoms with van der Waals surface area (Å²) >= 11 is 0. The zero-order valence-corrected chi connectivity index (χ0v) is 17.0. The third kappa shape index (κ3) is 4.43. The molecule has 0 aliphatic carbocycles. The molecule has 1 fully saturated rings. The lowest BCUT2D eigenvalue weighted by molar-refractivity contribution is 0.124. The molecule has 1 aliphatic rings. The Balaban J connectivity index is 1.72. The number of likely N-dealkylation sites (N-methyl/N-ethyl adjacent to an activating group) is 1. The van der Waals surface area contributed by atoms with Gasteiger partial charge in [0.25, 0.3) is 0 Å². The topological polar surface area (TPSA) is 53.9 Å². The molecule has 1 aromatic carbocycles. The molecule has 0 spiro atoms. The van der Waals surface area contributed by atoms with E-state index in [1.54, 1.807) is 18.5 Å². The van der Waals surface area contributed by atoms with Gasteiger partial charge < -0.3 is 10.2 Å². The summed E-state index contributed by atoms with van der Waals surface area (Å²) in [6.45, 7) is 5.47. The Kier molecular flexibility index (Phi) is 5.53. The van der Waals surface area contributed by atoms with Crippen molar-refractivity contribution in [2.45, 2.75) is 32.2 Å². The Morgan fingerprint density at radius 1 is 1.10 bits per heavy atom. The van der Waals surface area contributed by atoms with Crippen LogP contribution in [0.25, 0.3) is 11.3 Å². The van der Waals surface area contributed by atoms with Crippen molar-refractivity contribution in [3.63, 3.8) is 0 Å². The van der Waals surface area contributed by atoms with Crippen LogP contribution in [0.4, 0.5) is 15.9 Å². The van der Waals surface area contributed by atoms with Gasteiger partial charge in [-0.2, -0.15) is 0 Å². The number of hydrogen-bond acceptors (Lipinski definition) is 5. The minimum atomic E-state index is -0.284. The maximum atomic E-state index is 13.6. The molecule has 5 nitrogen and oxygen atoms in total. The molecule has 3 aromatic rings. The first kappa shape index (κ1) is 19.5. The van der Waals surface area contributed by atoms with Gasteiger partial charge in [-0.25, -0.2) is 14.4 Å². The zero-order valence-electron chi connectivity index (χ0n) is 17.0. The maximum absolute atomic E-state index is 13.6. The summed E-state index contributed by atoms with van der Waals surface area (Å²) in [4.78, 5) is 16.3. The second-order valence-corrected chi connectivity index (χ2v) is 7.96. The molecule has 6 heteroatoms. The van der Waals surface area contributed by atoms with Crippen LogP contribution in [0.2, 0.25) is 0 Å². The van der Waals surface area contributed by atoms with E-state index in [9.17, 15) is 4.39 Å². The van der Waals surface area contributed by atoms with Gasteiger partial charge in [0.05, 0.1) is 5.69 Å². The third-order valence-corrected chi connectivity index (χ3v) is 5.85. The predicted octanol–water partition coefficient (Wildman–Crippen LogP) is 4.87. The molecule has 0 amide bonds. The number of piperidine rings is 1. The average molecular weight is 391 g/mol. The Bertz CT molecular complexity index is 966. The van der Waals surface area contributed by atoms with Crippen molar-refractivity contribution >= 4 is 11.5 Å². The largest absolute Gasteiger partial charge is 0.340 e. The molecule has 1 N–H and O–H groups in total. The molecule has 2 aromatic heterocycles. The van der Waals surface area contributed by atoms with Crippen LogP contribution >= 0.6 is 0 Å². The van der Waals surface area contributed by atoms with Gasteiger partial charge >= 0.3 is 0 Å². The maximum Gasteiger partial charge on any atom is 0.135 e. The molecule has 1 saturated heterocycles. The molecule has 3 atom stereocenters. The van der Waals surface area contributed by atoms with Crippen LogP contribution in [0.5, 0.6) is 0 Å². The molecular weight excluding hydrogens is 365 g/mol. The Morgan fingerprint density at radius 3 is 2.69 bits per heavy atom. The van der Waals surface area contributed by atoms with Crippen molar-refractivity contribution in [1.82, 2.24) is 19.9 Å². The number of halogens is 1. The quantitative estimate of drug-likeness (QED) is 0.688. The molecule has 150 valence electrons. The van der Waals surface area contributed by atoms with Crippen LogP contribution in [0, 0.1) is 11.7 Å². The molecule has 0 radical (unpaired) electrons.